The van der Waals surface area contributed by atoms with Crippen molar-refractivity contribution in [3.05, 3.63) is 67.1 Å². The summed E-state index contributed by atoms with van der Waals surface area (Å²) < 4.78 is 5.90. The van der Waals surface area contributed by atoms with Crippen LogP contribution in [0.4, 0.5) is 5.69 Å². The second kappa shape index (κ2) is 10.4. The van der Waals surface area contributed by atoms with Crippen molar-refractivity contribution >= 4 is 45.3 Å². The number of nitrogens with zero attached hydrogens (tertiary/aromatic N) is 2. The largest absolute Gasteiger partial charge is 0.476 e. The van der Waals surface area contributed by atoms with Crippen LogP contribution in [-0.2, 0) is 10.2 Å². The van der Waals surface area contributed by atoms with E-state index in [-0.39, 0.29) is 22.3 Å². The van der Waals surface area contributed by atoms with Gasteiger partial charge in [-0.1, -0.05) is 58.4 Å². The molecule has 2 aromatic carbocycles. The maximum atomic E-state index is 12.1. The molecule has 0 fully saturated rings. The Morgan fingerprint density at radius 1 is 1.22 bits per heavy atom. The number of carbonyl (C=O) groups excluding carboxylic acids is 1. The number of ether oxygens (including phenoxy) is 1. The first-order valence-electron chi connectivity index (χ1n) is 9.97. The Hall–Kier alpha value is -2.45. The Morgan fingerprint density at radius 2 is 1.84 bits per heavy atom. The first-order chi connectivity index (χ1) is 14.8. The van der Waals surface area contributed by atoms with Gasteiger partial charge in [0.05, 0.1) is 15.6 Å². The van der Waals surface area contributed by atoms with Gasteiger partial charge in [-0.05, 0) is 62.5 Å². The van der Waals surface area contributed by atoms with Gasteiger partial charge in [0.15, 0.2) is 6.61 Å². The lowest BCUT2D eigenvalue weighted by Gasteiger charge is -2.33. The van der Waals surface area contributed by atoms with E-state index in [1.54, 1.807) is 24.3 Å². The van der Waals surface area contributed by atoms with E-state index in [1.165, 1.54) is 12.3 Å². The van der Waals surface area contributed by atoms with Gasteiger partial charge in [-0.2, -0.15) is 5.10 Å². The van der Waals surface area contributed by atoms with Crippen LogP contribution in [0.5, 0.6) is 5.75 Å². The summed E-state index contributed by atoms with van der Waals surface area (Å²) in [5.41, 5.74) is 3.45. The van der Waals surface area contributed by atoms with Crippen molar-refractivity contribution < 1.29 is 14.5 Å². The van der Waals surface area contributed by atoms with E-state index in [9.17, 15) is 14.9 Å². The maximum Gasteiger partial charge on any atom is 0.312 e. The molecular formula is C23H27BrClN3O4. The molecule has 9 heteroatoms. The number of nitrogens with one attached hydrogen (secondary N) is 1. The van der Waals surface area contributed by atoms with E-state index >= 15 is 0 Å². The Bertz CT molecular complexity index is 1020. The third-order valence-electron chi connectivity index (χ3n) is 4.59. The van der Waals surface area contributed by atoms with Crippen LogP contribution in [0, 0.1) is 15.5 Å². The van der Waals surface area contributed by atoms with E-state index in [4.69, 9.17) is 16.3 Å². The number of hydrogen-bond donors (Lipinski definition) is 1. The van der Waals surface area contributed by atoms with Crippen LogP contribution in [0.3, 0.4) is 0 Å². The maximum absolute atomic E-state index is 12.1. The van der Waals surface area contributed by atoms with E-state index in [2.05, 4.69) is 61.1 Å². The highest BCUT2D eigenvalue weighted by Gasteiger charge is 2.31. The molecule has 7 nitrogen and oxygen atoms in total. The number of rotatable bonds is 8. The molecule has 0 aliphatic rings. The monoisotopic (exact) mass is 523 g/mol. The molecule has 0 unspecified atom stereocenters. The molecule has 0 aliphatic carbocycles. The van der Waals surface area contributed by atoms with Gasteiger partial charge in [-0.15, -0.1) is 0 Å². The minimum Gasteiger partial charge on any atom is -0.476 e. The molecule has 0 aromatic heterocycles. The molecule has 0 spiro atoms. The van der Waals surface area contributed by atoms with Gasteiger partial charge in [-0.3, -0.25) is 14.9 Å². The minimum atomic E-state index is -0.548. The highest BCUT2D eigenvalue weighted by Crippen LogP contribution is 2.43. The summed E-state index contributed by atoms with van der Waals surface area (Å²) in [6.45, 7) is 10.1. The van der Waals surface area contributed by atoms with Gasteiger partial charge in [0.1, 0.15) is 0 Å². The third kappa shape index (κ3) is 7.60. The van der Waals surface area contributed by atoms with Crippen LogP contribution in [0.25, 0.3) is 0 Å². The van der Waals surface area contributed by atoms with Crippen LogP contribution >= 0.6 is 27.5 Å². The van der Waals surface area contributed by atoms with Gasteiger partial charge in [0.25, 0.3) is 5.91 Å². The zero-order valence-corrected chi connectivity index (χ0v) is 21.1. The first-order valence-corrected chi connectivity index (χ1v) is 11.1. The number of hydrogen-bond acceptors (Lipinski definition) is 5. The van der Waals surface area contributed by atoms with Crippen LogP contribution < -0.4 is 10.2 Å². The zero-order valence-electron chi connectivity index (χ0n) is 18.7. The van der Waals surface area contributed by atoms with Gasteiger partial charge in [-0.25, -0.2) is 5.43 Å². The molecule has 0 bridgehead atoms. The Kier molecular flexibility index (Phi) is 8.42. The smallest absolute Gasteiger partial charge is 0.312 e. The van der Waals surface area contributed by atoms with E-state index in [1.807, 2.05) is 6.07 Å². The standard InChI is InChI=1S/C23H27BrClN3O4/c1-22(2,3)14-23(4,5)16-10-18(24)21(19(11-16)28(30)31)32-13-20(29)27-26-12-15-6-8-17(25)9-7-15/h6-12H,13-14H2,1-5H3,(H,27,29). The Labute approximate surface area is 201 Å². The molecule has 172 valence electrons. The lowest BCUT2D eigenvalue weighted by Crippen LogP contribution is -2.26. The number of hydrazone groups is 1. The normalized spacial score (nSPS) is 12.1. The average Bonchev–Trinajstić information content (AvgIpc) is 2.66. The van der Waals surface area contributed by atoms with E-state index in [0.717, 1.165) is 17.5 Å². The molecule has 1 amide bonds. The molecule has 0 atom stereocenters. The summed E-state index contributed by atoms with van der Waals surface area (Å²) in [5, 5.41) is 16.2. The molecule has 0 saturated heterocycles. The summed E-state index contributed by atoms with van der Waals surface area (Å²) >= 11 is 9.20. The van der Waals surface area contributed by atoms with Crippen molar-refractivity contribution in [3.8, 4) is 5.75 Å². The van der Waals surface area contributed by atoms with Gasteiger partial charge < -0.3 is 4.74 Å². The summed E-state index contributed by atoms with van der Waals surface area (Å²) in [4.78, 5) is 23.3. The van der Waals surface area contributed by atoms with E-state index < -0.39 is 17.4 Å². The van der Waals surface area contributed by atoms with Crippen molar-refractivity contribution in [2.45, 2.75) is 46.5 Å². The summed E-state index contributed by atoms with van der Waals surface area (Å²) in [7, 11) is 0. The van der Waals surface area contributed by atoms with Crippen molar-refractivity contribution in [1.82, 2.24) is 5.43 Å². The quantitative estimate of drug-likeness (QED) is 0.251. The minimum absolute atomic E-state index is 0.00198. The third-order valence-corrected chi connectivity index (χ3v) is 5.44. The molecule has 1 N–H and O–H groups in total. The van der Waals surface area contributed by atoms with Crippen LogP contribution in [0.1, 0.15) is 52.2 Å². The molecule has 2 rings (SSSR count). The number of halogens is 2. The van der Waals surface area contributed by atoms with Crippen molar-refractivity contribution in [2.75, 3.05) is 6.61 Å². The fraction of sp³-hybridized carbons (Fsp3) is 0.391. The fourth-order valence-corrected chi connectivity index (χ4v) is 4.26. The predicted molar refractivity (Wildman–Crippen MR) is 131 cm³/mol. The number of benzene rings is 2. The predicted octanol–water partition coefficient (Wildman–Crippen LogP) is 6.25. The van der Waals surface area contributed by atoms with E-state index in [0.29, 0.717) is 9.50 Å². The lowest BCUT2D eigenvalue weighted by molar-refractivity contribution is -0.386. The molecule has 0 heterocycles. The second-order valence-corrected chi connectivity index (χ2v) is 10.6. The number of amides is 1. The summed E-state index contributed by atoms with van der Waals surface area (Å²) in [6, 6.07) is 10.2. The van der Waals surface area contributed by atoms with Crippen LogP contribution in [0.2, 0.25) is 5.02 Å². The van der Waals surface area contributed by atoms with Crippen LogP contribution in [0.15, 0.2) is 46.0 Å². The highest BCUT2D eigenvalue weighted by atomic mass is 79.9. The molecular weight excluding hydrogens is 498 g/mol. The van der Waals surface area contributed by atoms with Crippen molar-refractivity contribution in [3.63, 3.8) is 0 Å². The van der Waals surface area contributed by atoms with Gasteiger partial charge >= 0.3 is 5.69 Å². The zero-order chi connectivity index (χ0) is 24.1. The molecule has 32 heavy (non-hydrogen) atoms. The first kappa shape index (κ1) is 25.8. The second-order valence-electron chi connectivity index (χ2n) is 9.32. The Morgan fingerprint density at radius 3 is 2.41 bits per heavy atom. The summed E-state index contributed by atoms with van der Waals surface area (Å²) in [6.07, 6.45) is 2.29. The molecule has 0 radical (unpaired) electrons. The number of carbonyl (C=O) groups is 1. The highest BCUT2D eigenvalue weighted by molar-refractivity contribution is 9.10. The van der Waals surface area contributed by atoms with Gasteiger partial charge in [0.2, 0.25) is 5.75 Å². The molecule has 2 aromatic rings. The Balaban J connectivity index is 2.13. The van der Waals surface area contributed by atoms with Crippen molar-refractivity contribution in [1.29, 1.82) is 0 Å². The summed E-state index contributed by atoms with van der Waals surface area (Å²) in [5.74, 6) is -0.546. The fourth-order valence-electron chi connectivity index (χ4n) is 3.57. The van der Waals surface area contributed by atoms with Crippen LogP contribution in [-0.4, -0.2) is 23.7 Å². The van der Waals surface area contributed by atoms with Crippen molar-refractivity contribution in [2.24, 2.45) is 10.5 Å². The molecule has 0 aliphatic heterocycles. The van der Waals surface area contributed by atoms with Gasteiger partial charge in [0, 0.05) is 11.1 Å². The average molecular weight is 525 g/mol. The molecule has 0 saturated carbocycles. The number of nitro groups is 1. The lowest BCUT2D eigenvalue weighted by atomic mass is 9.72. The number of nitro benzene ring substituents is 1. The SMILES string of the molecule is CC(C)(C)CC(C)(C)c1cc(Br)c(OCC(=O)NN=Cc2ccc(Cl)cc2)c([N+](=O)[O-])c1. The topological polar surface area (TPSA) is 93.8 Å².